The largest absolute Gasteiger partial charge is 0.467 e. The van der Waals surface area contributed by atoms with Crippen LogP contribution in [0.25, 0.3) is 0 Å². The van der Waals surface area contributed by atoms with Gasteiger partial charge in [-0.25, -0.2) is 0 Å². The van der Waals surface area contributed by atoms with Crippen LogP contribution in [-0.4, -0.2) is 24.9 Å². The Morgan fingerprint density at radius 2 is 1.86 bits per heavy atom. The molecular formula is C21H21ClN3O2S+. The highest BCUT2D eigenvalue weighted by atomic mass is 35.5. The third kappa shape index (κ3) is 4.77. The molecule has 144 valence electrons. The van der Waals surface area contributed by atoms with Gasteiger partial charge in [0.2, 0.25) is 5.78 Å². The van der Waals surface area contributed by atoms with E-state index in [4.69, 9.17) is 28.2 Å². The molecule has 0 unspecified atom stereocenters. The molecule has 1 N–H and O–H groups in total. The Labute approximate surface area is 174 Å². The van der Waals surface area contributed by atoms with Crippen molar-refractivity contribution in [3.8, 4) is 0 Å². The molecule has 2 heterocycles. The minimum absolute atomic E-state index is 0.115. The lowest BCUT2D eigenvalue weighted by molar-refractivity contribution is -0.692. The topological polar surface area (TPSA) is 49.4 Å². The van der Waals surface area contributed by atoms with Gasteiger partial charge in [0.25, 0.3) is 6.04 Å². The third-order valence-corrected chi connectivity index (χ3v) is 4.91. The van der Waals surface area contributed by atoms with E-state index < -0.39 is 6.04 Å². The molecule has 0 aliphatic rings. The fourth-order valence-corrected chi connectivity index (χ4v) is 3.17. The Balaban J connectivity index is 1.89. The summed E-state index contributed by atoms with van der Waals surface area (Å²) in [6.45, 7) is 0.409. The van der Waals surface area contributed by atoms with Crippen LogP contribution in [0, 0.1) is 0 Å². The smallest absolute Gasteiger partial charge is 0.270 e. The summed E-state index contributed by atoms with van der Waals surface area (Å²) in [6, 6.07) is 13.7. The van der Waals surface area contributed by atoms with Gasteiger partial charge in [0.15, 0.2) is 17.4 Å². The Hall–Kier alpha value is -2.70. The number of pyridine rings is 1. The van der Waals surface area contributed by atoms with E-state index in [0.717, 1.165) is 11.4 Å². The molecule has 0 amide bonds. The number of rotatable bonds is 7. The number of carbonyl (C=O) groups excluding carboxylic acids is 1. The van der Waals surface area contributed by atoms with Gasteiger partial charge < -0.3 is 14.6 Å². The van der Waals surface area contributed by atoms with Crippen LogP contribution < -0.4 is 14.8 Å². The lowest BCUT2D eigenvalue weighted by Gasteiger charge is -2.16. The van der Waals surface area contributed by atoms with Crippen molar-refractivity contribution in [3.63, 3.8) is 0 Å². The normalized spacial score (nSPS) is 11.7. The van der Waals surface area contributed by atoms with Crippen LogP contribution in [0.4, 0.5) is 5.69 Å². The average molecular weight is 415 g/mol. The quantitative estimate of drug-likeness (QED) is 0.362. The molecule has 2 aromatic heterocycles. The molecule has 0 bridgehead atoms. The molecule has 0 radical (unpaired) electrons. The van der Waals surface area contributed by atoms with E-state index >= 15 is 0 Å². The number of hydrogen-bond donors (Lipinski definition) is 1. The monoisotopic (exact) mass is 414 g/mol. The SMILES string of the molecule is CN(C)c1cc[n+]([C@H](C(=O)c2ccc(Cl)cc2)C(=S)NCc2ccco2)cc1. The Morgan fingerprint density at radius 3 is 2.43 bits per heavy atom. The molecule has 0 saturated heterocycles. The molecule has 1 atom stereocenters. The number of nitrogens with zero attached hydrogens (tertiary/aromatic N) is 2. The summed E-state index contributed by atoms with van der Waals surface area (Å²) < 4.78 is 7.14. The lowest BCUT2D eigenvalue weighted by Crippen LogP contribution is -2.51. The maximum absolute atomic E-state index is 13.3. The molecule has 1 aromatic carbocycles. The van der Waals surface area contributed by atoms with Crippen molar-refractivity contribution in [2.24, 2.45) is 0 Å². The predicted molar refractivity (Wildman–Crippen MR) is 114 cm³/mol. The zero-order chi connectivity index (χ0) is 20.1. The molecule has 3 aromatic rings. The van der Waals surface area contributed by atoms with Gasteiger partial charge in [0.05, 0.1) is 12.8 Å². The second-order valence-electron chi connectivity index (χ2n) is 6.47. The first kappa shape index (κ1) is 20.0. The van der Waals surface area contributed by atoms with Gasteiger partial charge >= 0.3 is 0 Å². The number of anilines is 1. The van der Waals surface area contributed by atoms with Crippen molar-refractivity contribution in [2.75, 3.05) is 19.0 Å². The number of thiocarbonyl (C=S) groups is 1. The molecule has 0 saturated carbocycles. The first-order valence-corrected chi connectivity index (χ1v) is 9.52. The Morgan fingerprint density at radius 1 is 1.18 bits per heavy atom. The highest BCUT2D eigenvalue weighted by molar-refractivity contribution is 7.80. The molecule has 3 rings (SSSR count). The number of nitrogens with one attached hydrogen (secondary N) is 1. The number of Topliss-reactive ketones (excluding diaryl/α,β-unsaturated/α-hetero) is 1. The van der Waals surface area contributed by atoms with Crippen molar-refractivity contribution in [1.82, 2.24) is 5.32 Å². The molecule has 5 nitrogen and oxygen atoms in total. The van der Waals surface area contributed by atoms with Gasteiger partial charge in [-0.2, -0.15) is 4.57 Å². The Bertz CT molecular complexity index is 939. The molecule has 0 aliphatic carbocycles. The first-order valence-electron chi connectivity index (χ1n) is 8.73. The van der Waals surface area contributed by atoms with Crippen molar-refractivity contribution < 1.29 is 13.8 Å². The number of aromatic nitrogens is 1. The van der Waals surface area contributed by atoms with E-state index in [1.807, 2.05) is 55.7 Å². The van der Waals surface area contributed by atoms with Crippen LogP contribution in [0.5, 0.6) is 0 Å². The molecule has 0 fully saturated rings. The van der Waals surface area contributed by atoms with E-state index in [2.05, 4.69) is 5.32 Å². The van der Waals surface area contributed by atoms with E-state index in [0.29, 0.717) is 22.1 Å². The fraction of sp³-hybridized carbons (Fsp3) is 0.190. The van der Waals surface area contributed by atoms with E-state index in [1.54, 1.807) is 35.1 Å². The van der Waals surface area contributed by atoms with Crippen molar-refractivity contribution >= 4 is 40.3 Å². The predicted octanol–water partition coefficient (Wildman–Crippen LogP) is 3.83. The van der Waals surface area contributed by atoms with E-state index in [9.17, 15) is 4.79 Å². The van der Waals surface area contributed by atoms with Crippen LogP contribution in [0.15, 0.2) is 71.6 Å². The zero-order valence-corrected chi connectivity index (χ0v) is 17.2. The highest BCUT2D eigenvalue weighted by Gasteiger charge is 2.33. The highest BCUT2D eigenvalue weighted by Crippen LogP contribution is 2.16. The van der Waals surface area contributed by atoms with Crippen LogP contribution in [0.1, 0.15) is 22.2 Å². The van der Waals surface area contributed by atoms with Crippen molar-refractivity contribution in [2.45, 2.75) is 12.6 Å². The van der Waals surface area contributed by atoms with Crippen LogP contribution in [0.2, 0.25) is 5.02 Å². The molecule has 0 spiro atoms. The summed E-state index contributed by atoms with van der Waals surface area (Å²) in [7, 11) is 3.93. The number of benzene rings is 1. The van der Waals surface area contributed by atoms with Crippen LogP contribution in [-0.2, 0) is 6.54 Å². The summed E-state index contributed by atoms with van der Waals surface area (Å²) in [4.78, 5) is 15.7. The molecular weight excluding hydrogens is 394 g/mol. The minimum Gasteiger partial charge on any atom is -0.467 e. The number of carbonyl (C=O) groups is 1. The summed E-state index contributed by atoms with van der Waals surface area (Å²) in [6.07, 6.45) is 5.31. The lowest BCUT2D eigenvalue weighted by atomic mass is 10.0. The second kappa shape index (κ2) is 8.99. The summed E-state index contributed by atoms with van der Waals surface area (Å²) >= 11 is 11.5. The minimum atomic E-state index is -0.678. The standard InChI is InChI=1S/C21H20ClN3O2S/c1-24(2)17-9-11-25(12-10-17)19(20(26)15-5-7-16(22)8-6-15)21(28)23-14-18-4-3-13-27-18/h3-13,19H,14H2,1-2H3/p+1/t19-/m1/s1. The maximum atomic E-state index is 13.3. The Kier molecular flexibility index (Phi) is 6.44. The molecule has 0 aliphatic heterocycles. The van der Waals surface area contributed by atoms with Gasteiger partial charge in [-0.1, -0.05) is 23.8 Å². The van der Waals surface area contributed by atoms with Crippen molar-refractivity contribution in [1.29, 1.82) is 0 Å². The number of hydrogen-bond acceptors (Lipinski definition) is 4. The molecule has 7 heteroatoms. The van der Waals surface area contributed by atoms with E-state index in [1.165, 1.54) is 0 Å². The van der Waals surface area contributed by atoms with Gasteiger partial charge in [0.1, 0.15) is 5.76 Å². The zero-order valence-electron chi connectivity index (χ0n) is 15.6. The first-order chi connectivity index (χ1) is 13.5. The summed E-state index contributed by atoms with van der Waals surface area (Å²) in [5, 5.41) is 3.72. The van der Waals surface area contributed by atoms with Gasteiger partial charge in [-0.15, -0.1) is 0 Å². The molecule has 28 heavy (non-hydrogen) atoms. The number of furan rings is 1. The summed E-state index contributed by atoms with van der Waals surface area (Å²) in [5.41, 5.74) is 1.57. The summed E-state index contributed by atoms with van der Waals surface area (Å²) in [5.74, 6) is 0.629. The number of ketones is 1. The number of halogens is 1. The third-order valence-electron chi connectivity index (χ3n) is 4.29. The maximum Gasteiger partial charge on any atom is 0.270 e. The van der Waals surface area contributed by atoms with Crippen LogP contribution in [0.3, 0.4) is 0 Å². The average Bonchev–Trinajstić information content (AvgIpc) is 3.21. The van der Waals surface area contributed by atoms with Crippen molar-refractivity contribution in [3.05, 3.63) is 83.5 Å². The fourth-order valence-electron chi connectivity index (χ4n) is 2.75. The van der Waals surface area contributed by atoms with Gasteiger partial charge in [-0.3, -0.25) is 4.79 Å². The second-order valence-corrected chi connectivity index (χ2v) is 7.35. The van der Waals surface area contributed by atoms with Gasteiger partial charge in [0, 0.05) is 42.5 Å². The van der Waals surface area contributed by atoms with Crippen LogP contribution >= 0.6 is 23.8 Å². The van der Waals surface area contributed by atoms with E-state index in [-0.39, 0.29) is 5.78 Å². The van der Waals surface area contributed by atoms with Gasteiger partial charge in [-0.05, 0) is 36.4 Å².